The maximum absolute atomic E-state index is 13.3. The number of hydrogen-bond acceptors (Lipinski definition) is 7. The number of amides is 1. The smallest absolute Gasteiger partial charge is 0.270 e. The summed E-state index contributed by atoms with van der Waals surface area (Å²) in [6.07, 6.45) is 1.76. The molecule has 0 N–H and O–H groups in total. The van der Waals surface area contributed by atoms with Gasteiger partial charge in [0.1, 0.15) is 27.6 Å². The number of rotatable bonds is 5. The van der Waals surface area contributed by atoms with Gasteiger partial charge in [-0.1, -0.05) is 36.1 Å². The number of aromatic nitrogens is 1. The van der Waals surface area contributed by atoms with E-state index in [0.29, 0.717) is 26.9 Å². The lowest BCUT2D eigenvalue weighted by atomic mass is 10.0. The molecule has 35 heavy (non-hydrogen) atoms. The molecule has 7 nitrogen and oxygen atoms in total. The van der Waals surface area contributed by atoms with Gasteiger partial charge in [0.25, 0.3) is 11.5 Å². The first-order valence-electron chi connectivity index (χ1n) is 11.4. The van der Waals surface area contributed by atoms with Crippen molar-refractivity contribution < 1.29 is 9.18 Å². The van der Waals surface area contributed by atoms with Gasteiger partial charge in [-0.15, -0.1) is 0 Å². The van der Waals surface area contributed by atoms with Crippen LogP contribution in [-0.4, -0.2) is 57.8 Å². The van der Waals surface area contributed by atoms with Crippen molar-refractivity contribution in [3.63, 3.8) is 0 Å². The Morgan fingerprint density at radius 3 is 2.43 bits per heavy atom. The van der Waals surface area contributed by atoms with E-state index < -0.39 is 0 Å². The van der Waals surface area contributed by atoms with Crippen molar-refractivity contribution in [3.8, 4) is 6.07 Å². The topological polar surface area (TPSA) is 72.6 Å². The van der Waals surface area contributed by atoms with Gasteiger partial charge in [0.15, 0.2) is 0 Å². The van der Waals surface area contributed by atoms with Crippen molar-refractivity contribution in [3.05, 3.63) is 67.6 Å². The second kappa shape index (κ2) is 10.3. The number of nitriles is 1. The molecule has 0 saturated carbocycles. The average Bonchev–Trinajstić information content (AvgIpc) is 3.10. The van der Waals surface area contributed by atoms with Crippen molar-refractivity contribution >= 4 is 46.1 Å². The minimum Gasteiger partial charge on any atom is -0.355 e. The molecule has 0 spiro atoms. The molecule has 0 aliphatic carbocycles. The van der Waals surface area contributed by atoms with Gasteiger partial charge in [0, 0.05) is 38.3 Å². The van der Waals surface area contributed by atoms with Crippen molar-refractivity contribution in [1.29, 1.82) is 5.26 Å². The highest BCUT2D eigenvalue weighted by molar-refractivity contribution is 8.26. The Morgan fingerprint density at radius 2 is 1.83 bits per heavy atom. The standard InChI is InChI=1S/C25H26FN5O2S2/c1-4-30-22(29-11-9-28(3)10-12-29)19(16(2)20(14-27)23(30)32)13-21-24(33)31(25(34)35-21)15-17-5-7-18(26)8-6-17/h5-8,13H,4,9-12,15H2,1-3H3. The number of anilines is 1. The summed E-state index contributed by atoms with van der Waals surface area (Å²) in [4.78, 5) is 32.8. The number of thiocarbonyl (C=S) groups is 1. The fourth-order valence-corrected chi connectivity index (χ4v) is 5.57. The van der Waals surface area contributed by atoms with Crippen LogP contribution in [0.3, 0.4) is 0 Å². The second-order valence-corrected chi connectivity index (χ2v) is 10.3. The number of nitrogens with zero attached hydrogens (tertiary/aromatic N) is 5. The van der Waals surface area contributed by atoms with E-state index in [1.165, 1.54) is 28.8 Å². The third-order valence-electron chi connectivity index (χ3n) is 6.37. The Balaban J connectivity index is 1.78. The van der Waals surface area contributed by atoms with Gasteiger partial charge in [0.2, 0.25) is 0 Å². The first-order chi connectivity index (χ1) is 16.7. The van der Waals surface area contributed by atoms with Crippen LogP contribution in [0.2, 0.25) is 0 Å². The molecule has 10 heteroatoms. The highest BCUT2D eigenvalue weighted by atomic mass is 32.2. The van der Waals surface area contributed by atoms with Gasteiger partial charge >= 0.3 is 0 Å². The minimum absolute atomic E-state index is 0.0813. The van der Waals surface area contributed by atoms with Crippen molar-refractivity contribution in [2.45, 2.75) is 26.9 Å². The number of benzene rings is 1. The maximum atomic E-state index is 13.3. The number of halogens is 1. The number of carbonyl (C=O) groups is 1. The summed E-state index contributed by atoms with van der Waals surface area (Å²) >= 11 is 6.68. The van der Waals surface area contributed by atoms with Crippen LogP contribution in [-0.2, 0) is 17.9 Å². The van der Waals surface area contributed by atoms with Crippen LogP contribution in [0.25, 0.3) is 6.08 Å². The van der Waals surface area contributed by atoms with Gasteiger partial charge in [-0.2, -0.15) is 5.26 Å². The predicted octanol–water partition coefficient (Wildman–Crippen LogP) is 3.34. The maximum Gasteiger partial charge on any atom is 0.270 e. The van der Waals surface area contributed by atoms with E-state index in [2.05, 4.69) is 22.9 Å². The minimum atomic E-state index is -0.342. The van der Waals surface area contributed by atoms with Gasteiger partial charge in [-0.3, -0.25) is 19.1 Å². The fourth-order valence-electron chi connectivity index (χ4n) is 4.34. The molecule has 0 atom stereocenters. The van der Waals surface area contributed by atoms with Crippen LogP contribution < -0.4 is 10.5 Å². The summed E-state index contributed by atoms with van der Waals surface area (Å²) in [7, 11) is 2.06. The van der Waals surface area contributed by atoms with Crippen LogP contribution >= 0.6 is 24.0 Å². The summed E-state index contributed by atoms with van der Waals surface area (Å²) in [6.45, 7) is 7.42. The van der Waals surface area contributed by atoms with E-state index in [0.717, 1.165) is 37.6 Å². The first kappa shape index (κ1) is 25.1. The molecule has 2 fully saturated rings. The fraction of sp³-hybridized carbons (Fsp3) is 0.360. The molecule has 0 bridgehead atoms. The van der Waals surface area contributed by atoms with Gasteiger partial charge in [-0.25, -0.2) is 4.39 Å². The van der Waals surface area contributed by atoms with E-state index in [-0.39, 0.29) is 29.4 Å². The molecular weight excluding hydrogens is 485 g/mol. The number of thioether (sulfide) groups is 1. The number of carbonyl (C=O) groups excluding carboxylic acids is 1. The average molecular weight is 512 g/mol. The lowest BCUT2D eigenvalue weighted by Crippen LogP contribution is -2.47. The number of pyridine rings is 1. The van der Waals surface area contributed by atoms with E-state index in [4.69, 9.17) is 12.2 Å². The first-order valence-corrected chi connectivity index (χ1v) is 12.6. The van der Waals surface area contributed by atoms with Crippen LogP contribution in [0.5, 0.6) is 0 Å². The summed E-state index contributed by atoms with van der Waals surface area (Å²) in [5.41, 5.74) is 1.78. The number of likely N-dealkylation sites (N-methyl/N-ethyl adjacent to an activating group) is 1. The highest BCUT2D eigenvalue weighted by Crippen LogP contribution is 2.36. The van der Waals surface area contributed by atoms with Crippen molar-refractivity contribution in [2.24, 2.45) is 0 Å². The van der Waals surface area contributed by atoms with E-state index in [9.17, 15) is 19.2 Å². The molecule has 2 aliphatic rings. The monoisotopic (exact) mass is 511 g/mol. The Hall–Kier alpha value is -3.00. The molecule has 0 unspecified atom stereocenters. The van der Waals surface area contributed by atoms with Crippen LogP contribution in [0, 0.1) is 24.1 Å². The Morgan fingerprint density at radius 1 is 1.17 bits per heavy atom. The lowest BCUT2D eigenvalue weighted by Gasteiger charge is -2.36. The molecule has 1 amide bonds. The van der Waals surface area contributed by atoms with Crippen molar-refractivity contribution in [2.75, 3.05) is 38.1 Å². The Bertz CT molecular complexity index is 1310. The largest absolute Gasteiger partial charge is 0.355 e. The van der Waals surface area contributed by atoms with E-state index in [1.54, 1.807) is 29.7 Å². The summed E-state index contributed by atoms with van der Waals surface area (Å²) in [5.74, 6) is 0.136. The zero-order valence-electron chi connectivity index (χ0n) is 19.9. The molecular formula is C25H26FN5O2S2. The second-order valence-electron chi connectivity index (χ2n) is 8.58. The normalized spacial score (nSPS) is 18.0. The van der Waals surface area contributed by atoms with Gasteiger partial charge in [-0.05, 0) is 50.2 Å². The quantitative estimate of drug-likeness (QED) is 0.450. The van der Waals surface area contributed by atoms with Crippen LogP contribution in [0.15, 0.2) is 34.0 Å². The van der Waals surface area contributed by atoms with Crippen molar-refractivity contribution in [1.82, 2.24) is 14.4 Å². The molecule has 1 aromatic carbocycles. The zero-order chi connectivity index (χ0) is 25.3. The van der Waals surface area contributed by atoms with E-state index in [1.807, 2.05) is 6.92 Å². The SMILES string of the molecule is CCn1c(N2CCN(C)CC2)c(C=C2SC(=S)N(Cc3ccc(F)cc3)C2=O)c(C)c(C#N)c1=O. The van der Waals surface area contributed by atoms with Gasteiger partial charge in [0.05, 0.1) is 11.4 Å². The summed E-state index contributed by atoms with van der Waals surface area (Å²) < 4.78 is 15.3. The molecule has 182 valence electrons. The lowest BCUT2D eigenvalue weighted by molar-refractivity contribution is -0.122. The molecule has 0 radical (unpaired) electrons. The van der Waals surface area contributed by atoms with Gasteiger partial charge < -0.3 is 9.80 Å². The Labute approximate surface area is 213 Å². The molecule has 2 saturated heterocycles. The molecule has 1 aromatic heterocycles. The summed E-state index contributed by atoms with van der Waals surface area (Å²) in [5, 5.41) is 9.73. The van der Waals surface area contributed by atoms with Crippen LogP contribution in [0.4, 0.5) is 10.2 Å². The number of piperazine rings is 1. The third-order valence-corrected chi connectivity index (χ3v) is 7.75. The third kappa shape index (κ3) is 4.89. The highest BCUT2D eigenvalue weighted by Gasteiger charge is 2.33. The molecule has 2 aromatic rings. The predicted molar refractivity (Wildman–Crippen MR) is 141 cm³/mol. The molecule has 4 rings (SSSR count). The molecule has 3 heterocycles. The number of hydrogen-bond donors (Lipinski definition) is 0. The Kier molecular flexibility index (Phi) is 7.40. The van der Waals surface area contributed by atoms with E-state index >= 15 is 0 Å². The van der Waals surface area contributed by atoms with Crippen LogP contribution in [0.1, 0.15) is 29.2 Å². The zero-order valence-corrected chi connectivity index (χ0v) is 21.5. The summed E-state index contributed by atoms with van der Waals surface area (Å²) in [6, 6.07) is 8.02. The molecule has 2 aliphatic heterocycles.